The number of imidazole rings is 1. The highest BCUT2D eigenvalue weighted by molar-refractivity contribution is 8.32. The van der Waals surface area contributed by atoms with E-state index in [1.165, 1.54) is 17.0 Å². The predicted octanol–water partition coefficient (Wildman–Crippen LogP) is 6.37. The third-order valence-electron chi connectivity index (χ3n) is 6.72. The number of ether oxygens (including phenoxy) is 1. The van der Waals surface area contributed by atoms with Gasteiger partial charge in [-0.05, 0) is 56.0 Å². The fraction of sp³-hybridized carbons (Fsp3) is 0.357. The van der Waals surface area contributed by atoms with Gasteiger partial charge in [0, 0.05) is 42.1 Å². The Morgan fingerprint density at radius 2 is 1.95 bits per heavy atom. The lowest BCUT2D eigenvalue weighted by Gasteiger charge is -2.32. The number of pyridine rings is 1. The van der Waals surface area contributed by atoms with Crippen LogP contribution in [-0.4, -0.2) is 67.9 Å². The highest BCUT2D eigenvalue weighted by Crippen LogP contribution is 2.39. The van der Waals surface area contributed by atoms with Crippen LogP contribution in [-0.2, 0) is 17.6 Å². The zero-order chi connectivity index (χ0) is 29.5. The SMILES string of the molecule is CC1CN(c2ccc(C(F)(F)F)c(Cl)c2)C(=O)c2c(-c3cn(COCCS(C)(C)C)c(-c4cccnc4)n3)cnn21. The van der Waals surface area contributed by atoms with Crippen LogP contribution in [0.5, 0.6) is 0 Å². The molecule has 4 aromatic rings. The molecule has 0 fully saturated rings. The van der Waals surface area contributed by atoms with E-state index in [9.17, 15) is 18.0 Å². The lowest BCUT2D eigenvalue weighted by molar-refractivity contribution is -0.137. The lowest BCUT2D eigenvalue weighted by atomic mass is 10.1. The number of carbonyl (C=O) groups excluding carboxylic acids is 1. The van der Waals surface area contributed by atoms with Gasteiger partial charge < -0.3 is 14.2 Å². The number of nitrogens with zero attached hydrogens (tertiary/aromatic N) is 6. The molecule has 1 atom stereocenters. The number of anilines is 1. The summed E-state index contributed by atoms with van der Waals surface area (Å²) < 4.78 is 49.3. The molecular weight excluding hydrogens is 577 g/mol. The van der Waals surface area contributed by atoms with Crippen molar-refractivity contribution in [2.75, 3.05) is 42.6 Å². The van der Waals surface area contributed by atoms with Crippen LogP contribution < -0.4 is 4.90 Å². The van der Waals surface area contributed by atoms with Crippen molar-refractivity contribution in [2.24, 2.45) is 0 Å². The first kappa shape index (κ1) is 29.2. The second-order valence-electron chi connectivity index (χ2n) is 10.8. The number of amides is 1. The van der Waals surface area contributed by atoms with Gasteiger partial charge in [-0.1, -0.05) is 11.6 Å². The van der Waals surface area contributed by atoms with Gasteiger partial charge in [0.15, 0.2) is 0 Å². The number of carbonyl (C=O) groups is 1. The Bertz CT molecular complexity index is 1570. The van der Waals surface area contributed by atoms with Gasteiger partial charge in [-0.2, -0.15) is 18.3 Å². The fourth-order valence-corrected chi connectivity index (χ4v) is 5.51. The molecule has 0 saturated heterocycles. The predicted molar refractivity (Wildman–Crippen MR) is 156 cm³/mol. The fourth-order valence-electron chi connectivity index (χ4n) is 4.62. The molecule has 1 aliphatic rings. The van der Waals surface area contributed by atoms with Gasteiger partial charge >= 0.3 is 6.18 Å². The normalized spacial score (nSPS) is 16.2. The van der Waals surface area contributed by atoms with Crippen LogP contribution in [0.4, 0.5) is 18.9 Å². The van der Waals surface area contributed by atoms with Crippen LogP contribution in [0.15, 0.2) is 55.1 Å². The Labute approximate surface area is 242 Å². The molecule has 0 N–H and O–H groups in total. The summed E-state index contributed by atoms with van der Waals surface area (Å²) in [5.41, 5.74) is 1.42. The van der Waals surface area contributed by atoms with Gasteiger partial charge in [0.1, 0.15) is 18.2 Å². The molecule has 0 aliphatic carbocycles. The van der Waals surface area contributed by atoms with Crippen molar-refractivity contribution in [3.05, 3.63) is 71.4 Å². The Morgan fingerprint density at radius 1 is 1.17 bits per heavy atom. The maximum atomic E-state index is 13.8. The summed E-state index contributed by atoms with van der Waals surface area (Å²) in [6.07, 6.45) is 8.90. The zero-order valence-electron chi connectivity index (χ0n) is 23.0. The second kappa shape index (κ2) is 11.1. The van der Waals surface area contributed by atoms with E-state index in [0.29, 0.717) is 29.4 Å². The monoisotopic (exact) mass is 606 g/mol. The number of rotatable bonds is 8. The third-order valence-corrected chi connectivity index (χ3v) is 8.42. The minimum atomic E-state index is -4.59. The van der Waals surface area contributed by atoms with Crippen molar-refractivity contribution in [1.82, 2.24) is 24.3 Å². The number of benzene rings is 1. The van der Waals surface area contributed by atoms with E-state index in [0.717, 1.165) is 17.4 Å². The van der Waals surface area contributed by atoms with Crippen LogP contribution in [0.3, 0.4) is 0 Å². The van der Waals surface area contributed by atoms with Crippen LogP contribution >= 0.6 is 21.6 Å². The third kappa shape index (κ3) is 6.14. The molecule has 0 bridgehead atoms. The number of hydrogen-bond acceptors (Lipinski definition) is 5. The van der Waals surface area contributed by atoms with E-state index < -0.39 is 32.7 Å². The molecule has 1 aliphatic heterocycles. The van der Waals surface area contributed by atoms with Crippen molar-refractivity contribution in [3.8, 4) is 22.6 Å². The quantitative estimate of drug-likeness (QED) is 0.218. The van der Waals surface area contributed by atoms with E-state index in [2.05, 4.69) is 28.8 Å². The average Bonchev–Trinajstić information content (AvgIpc) is 3.53. The van der Waals surface area contributed by atoms with Crippen LogP contribution in [0.2, 0.25) is 5.02 Å². The molecule has 0 saturated carbocycles. The van der Waals surface area contributed by atoms with Crippen molar-refractivity contribution in [1.29, 1.82) is 0 Å². The van der Waals surface area contributed by atoms with E-state index in [1.807, 2.05) is 29.8 Å². The summed E-state index contributed by atoms with van der Waals surface area (Å²) in [5.74, 6) is 1.18. The largest absolute Gasteiger partial charge is 0.417 e. The maximum absolute atomic E-state index is 13.8. The highest BCUT2D eigenvalue weighted by atomic mass is 35.5. The first-order chi connectivity index (χ1) is 19.3. The average molecular weight is 607 g/mol. The summed E-state index contributed by atoms with van der Waals surface area (Å²) >= 11 is 5.98. The van der Waals surface area contributed by atoms with Gasteiger partial charge in [0.05, 0.1) is 40.7 Å². The smallest absolute Gasteiger partial charge is 0.360 e. The van der Waals surface area contributed by atoms with Crippen LogP contribution in [0.1, 0.15) is 29.0 Å². The maximum Gasteiger partial charge on any atom is 0.417 e. The zero-order valence-corrected chi connectivity index (χ0v) is 24.6. The number of fused-ring (bicyclic) bond motifs is 1. The van der Waals surface area contributed by atoms with Crippen molar-refractivity contribution in [3.63, 3.8) is 0 Å². The number of alkyl halides is 3. The van der Waals surface area contributed by atoms with E-state index in [-0.39, 0.29) is 25.0 Å². The highest BCUT2D eigenvalue weighted by Gasteiger charge is 2.37. The molecule has 1 aromatic carbocycles. The summed E-state index contributed by atoms with van der Waals surface area (Å²) in [5, 5.41) is 4.01. The first-order valence-corrected chi connectivity index (χ1v) is 16.2. The molecule has 0 radical (unpaired) electrons. The Hall–Kier alpha value is -3.35. The summed E-state index contributed by atoms with van der Waals surface area (Å²) in [6.45, 7) is 2.96. The standard InChI is InChI=1S/C28H30ClF3N6O2S/c1-18-15-37(20-7-8-22(23(29)12-20)28(30,31)32)27(39)25-21(14-34-38(18)25)24-16-36(17-40-10-11-41(2,3)4)26(35-24)19-6-5-9-33-13-19/h5-9,12-14,16,18H,10-11,15,17H2,1-4H3. The van der Waals surface area contributed by atoms with Gasteiger partial charge in [0.2, 0.25) is 0 Å². The topological polar surface area (TPSA) is 78.1 Å². The van der Waals surface area contributed by atoms with E-state index in [4.69, 9.17) is 21.3 Å². The summed E-state index contributed by atoms with van der Waals surface area (Å²) in [4.78, 5) is 24.3. The van der Waals surface area contributed by atoms with Crippen molar-refractivity contribution >= 4 is 33.2 Å². The van der Waals surface area contributed by atoms with Crippen LogP contribution in [0, 0.1) is 0 Å². The van der Waals surface area contributed by atoms with E-state index >= 15 is 0 Å². The van der Waals surface area contributed by atoms with Crippen molar-refractivity contribution < 1.29 is 22.7 Å². The summed E-state index contributed by atoms with van der Waals surface area (Å²) in [6, 6.07) is 6.79. The molecule has 41 heavy (non-hydrogen) atoms. The molecule has 5 rings (SSSR count). The number of hydrogen-bond donors (Lipinski definition) is 0. The molecule has 1 amide bonds. The Kier molecular flexibility index (Phi) is 7.92. The molecule has 0 spiro atoms. The molecule has 8 nitrogen and oxygen atoms in total. The lowest BCUT2D eigenvalue weighted by Crippen LogP contribution is -2.42. The van der Waals surface area contributed by atoms with Gasteiger partial charge in [-0.15, -0.1) is 0 Å². The van der Waals surface area contributed by atoms with Crippen LogP contribution in [0.25, 0.3) is 22.6 Å². The number of halogens is 4. The minimum absolute atomic E-state index is 0.216. The second-order valence-corrected chi connectivity index (χ2v) is 15.8. The van der Waals surface area contributed by atoms with Crippen molar-refractivity contribution in [2.45, 2.75) is 25.9 Å². The number of aromatic nitrogens is 5. The minimum Gasteiger partial charge on any atom is -0.360 e. The molecule has 13 heteroatoms. The first-order valence-electron chi connectivity index (χ1n) is 12.8. The molecular formula is C28H30ClF3N6O2S. The molecule has 1 unspecified atom stereocenters. The van der Waals surface area contributed by atoms with Gasteiger partial charge in [0.25, 0.3) is 5.91 Å². The van der Waals surface area contributed by atoms with E-state index in [1.54, 1.807) is 23.3 Å². The Balaban J connectivity index is 1.50. The summed E-state index contributed by atoms with van der Waals surface area (Å²) in [7, 11) is -0.710. The Morgan fingerprint density at radius 3 is 2.61 bits per heavy atom. The molecule has 218 valence electrons. The molecule has 3 aromatic heterocycles. The molecule has 4 heterocycles. The van der Waals surface area contributed by atoms with Gasteiger partial charge in [-0.25, -0.2) is 15.0 Å². The van der Waals surface area contributed by atoms with Gasteiger partial charge in [-0.3, -0.25) is 14.5 Å².